The largest absolute Gasteiger partial charge is 0.457 e. The molecule has 25 heteroatoms. The van der Waals surface area contributed by atoms with E-state index in [0.29, 0.717) is 25.7 Å². The first-order valence-electron chi connectivity index (χ1n) is 29.8. The molecule has 0 aromatic heterocycles. The highest BCUT2D eigenvalue weighted by Gasteiger charge is 2.59. The molecule has 0 radical (unpaired) electrons. The van der Waals surface area contributed by atoms with Crippen LogP contribution in [-0.4, -0.2) is 230 Å². The Bertz CT molecular complexity index is 1900. The third-order valence-electron chi connectivity index (χ3n) is 16.7. The van der Waals surface area contributed by atoms with Gasteiger partial charge in [-0.1, -0.05) is 92.4 Å². The van der Waals surface area contributed by atoms with Gasteiger partial charge in [-0.15, -0.1) is 0 Å². The highest BCUT2D eigenvalue weighted by atomic mass is 16.8. The standard InChI is InChI=1S/C56H96O25/c1-10-13-19-22-32-23-20-17-15-14-16-18-21-24-34(58)75-47-42(66)44(30(8)71-55(47)80-46-38(62)35(59)28(6)69-54(46)73-32)78-56-49(77-51(68)27(5)12-3)48(81-53-40(64)37(61)36(60)33(25-57)74-53)45(31(9)72-56)79-52-41(65)39(63)43(29(7)70-52)76-50(67)26(4)11-2/h26-33,35-49,52-57,59-66H,10-25H2,1-9H3/t26-,27-,28+,29-,30-,31-,32-,33+,35-,36+,37-,38-,39-,40+,41+,42+,43-,44-,45-,46+,47+,48+,49+,52-,53-,54-,55-,56-/m0/s1. The number of ether oxygens (including phenoxy) is 13. The average molecular weight is 1170 g/mol. The van der Waals surface area contributed by atoms with Gasteiger partial charge in [-0.05, 0) is 59.8 Å². The van der Waals surface area contributed by atoms with Crippen LogP contribution < -0.4 is 0 Å². The van der Waals surface area contributed by atoms with Crippen molar-refractivity contribution in [3.8, 4) is 0 Å². The maximum atomic E-state index is 14.1. The van der Waals surface area contributed by atoms with E-state index < -0.39 is 190 Å². The molecule has 0 spiro atoms. The molecule has 0 saturated carbocycles. The van der Waals surface area contributed by atoms with E-state index in [0.717, 1.165) is 57.8 Å². The molecule has 9 N–H and O–H groups in total. The summed E-state index contributed by atoms with van der Waals surface area (Å²) in [5.74, 6) is -3.50. The summed E-state index contributed by atoms with van der Waals surface area (Å²) in [6.45, 7) is 14.0. The summed E-state index contributed by atoms with van der Waals surface area (Å²) in [6.07, 6.45) is -29.2. The second-order valence-electron chi connectivity index (χ2n) is 23.0. The summed E-state index contributed by atoms with van der Waals surface area (Å²) in [5.41, 5.74) is 0. The zero-order chi connectivity index (χ0) is 59.4. The molecular formula is C56H96O25. The van der Waals surface area contributed by atoms with Crippen molar-refractivity contribution in [2.45, 2.75) is 318 Å². The second kappa shape index (κ2) is 31.9. The van der Waals surface area contributed by atoms with Crippen molar-refractivity contribution in [1.82, 2.24) is 0 Å². The number of unbranched alkanes of at least 4 members (excludes halogenated alkanes) is 2. The van der Waals surface area contributed by atoms with Crippen molar-refractivity contribution in [2.24, 2.45) is 11.8 Å². The molecule has 6 heterocycles. The third kappa shape index (κ3) is 17.2. The Kier molecular flexibility index (Phi) is 26.7. The Morgan fingerprint density at radius 3 is 1.68 bits per heavy atom. The second-order valence-corrected chi connectivity index (χ2v) is 23.0. The Balaban J connectivity index is 1.35. The van der Waals surface area contributed by atoms with Crippen LogP contribution in [0.4, 0.5) is 0 Å². The van der Waals surface area contributed by atoms with Crippen molar-refractivity contribution in [3.05, 3.63) is 0 Å². The van der Waals surface area contributed by atoms with Gasteiger partial charge in [0.2, 0.25) is 0 Å². The fraction of sp³-hybridized carbons (Fsp3) is 0.946. The van der Waals surface area contributed by atoms with Gasteiger partial charge in [0.25, 0.3) is 0 Å². The number of hydrogen-bond acceptors (Lipinski definition) is 25. The normalized spacial score (nSPS) is 44.2. The number of carbonyl (C=O) groups excluding carboxylic acids is 3. The average Bonchev–Trinajstić information content (AvgIpc) is 3.50. The van der Waals surface area contributed by atoms with Gasteiger partial charge in [0, 0.05) is 6.42 Å². The molecule has 6 saturated heterocycles. The highest BCUT2D eigenvalue weighted by Crippen LogP contribution is 2.39. The van der Waals surface area contributed by atoms with Gasteiger partial charge >= 0.3 is 17.9 Å². The number of rotatable bonds is 17. The van der Waals surface area contributed by atoms with E-state index in [2.05, 4.69) is 6.92 Å². The molecule has 81 heavy (non-hydrogen) atoms. The van der Waals surface area contributed by atoms with Crippen molar-refractivity contribution in [1.29, 1.82) is 0 Å². The van der Waals surface area contributed by atoms with Gasteiger partial charge in [-0.3, -0.25) is 14.4 Å². The first-order valence-corrected chi connectivity index (χ1v) is 29.8. The first-order chi connectivity index (χ1) is 38.5. The lowest BCUT2D eigenvalue weighted by atomic mass is 9.95. The summed E-state index contributed by atoms with van der Waals surface area (Å²) in [4.78, 5) is 40.7. The fourth-order valence-electron chi connectivity index (χ4n) is 11.0. The number of carbonyl (C=O) groups is 3. The summed E-state index contributed by atoms with van der Waals surface area (Å²) < 4.78 is 81.3. The molecule has 6 aliphatic heterocycles. The van der Waals surface area contributed by atoms with Crippen LogP contribution in [-0.2, 0) is 76.0 Å². The maximum Gasteiger partial charge on any atom is 0.309 e. The summed E-state index contributed by atoms with van der Waals surface area (Å²) >= 11 is 0. The summed E-state index contributed by atoms with van der Waals surface area (Å²) in [7, 11) is 0. The van der Waals surface area contributed by atoms with Crippen molar-refractivity contribution < 1.29 is 122 Å². The van der Waals surface area contributed by atoms with Gasteiger partial charge in [0.1, 0.15) is 79.4 Å². The van der Waals surface area contributed by atoms with Crippen LogP contribution in [0, 0.1) is 11.8 Å². The zero-order valence-electron chi connectivity index (χ0n) is 48.5. The maximum absolute atomic E-state index is 14.1. The molecule has 0 aromatic carbocycles. The Morgan fingerprint density at radius 1 is 0.506 bits per heavy atom. The van der Waals surface area contributed by atoms with E-state index in [-0.39, 0.29) is 18.9 Å². The van der Waals surface area contributed by atoms with Gasteiger partial charge in [0.05, 0.1) is 49.0 Å². The molecule has 6 aliphatic rings. The van der Waals surface area contributed by atoms with Crippen LogP contribution in [0.3, 0.4) is 0 Å². The molecule has 0 aliphatic carbocycles. The molecule has 0 aromatic rings. The predicted octanol–water partition coefficient (Wildman–Crippen LogP) is 1.43. The SMILES string of the molecule is CCCCC[C@H]1CCCCCCCCCC(=O)O[C@H]2[C@H](O[C@H]3[C@H](O1)O[C@H](C)[C@H](O)[C@@H]3O)O[C@@H](C)[C@H](O[C@@H]1O[C@@H](C)[C@H](O[C@@H]3O[C@@H](C)[C@H](OC(=O)[C@@H](C)CC)[C@@H](O)[C@H]3O)[C@@H](O[C@@H]3O[C@H](CO)[C@@H](O)[C@H](O)[C@H]3O)[C@H]1OC(=O)[C@@H](C)CC)[C@H]2O. The van der Waals surface area contributed by atoms with Gasteiger partial charge in [-0.25, -0.2) is 0 Å². The van der Waals surface area contributed by atoms with Crippen LogP contribution in [0.5, 0.6) is 0 Å². The summed E-state index contributed by atoms with van der Waals surface area (Å²) in [6, 6.07) is 0. The lowest BCUT2D eigenvalue weighted by Gasteiger charge is -2.51. The highest BCUT2D eigenvalue weighted by molar-refractivity contribution is 5.72. The molecule has 0 unspecified atom stereocenters. The molecular weight excluding hydrogens is 1070 g/mol. The van der Waals surface area contributed by atoms with E-state index in [4.69, 9.17) is 61.6 Å². The number of aliphatic hydroxyl groups is 9. The molecule has 6 fully saturated rings. The number of esters is 3. The van der Waals surface area contributed by atoms with Crippen molar-refractivity contribution in [2.75, 3.05) is 6.61 Å². The lowest BCUT2D eigenvalue weighted by molar-refractivity contribution is -0.400. The fourth-order valence-corrected chi connectivity index (χ4v) is 11.0. The predicted molar refractivity (Wildman–Crippen MR) is 280 cm³/mol. The lowest BCUT2D eigenvalue weighted by Crippen LogP contribution is -2.68. The monoisotopic (exact) mass is 1170 g/mol. The first kappa shape index (κ1) is 67.8. The van der Waals surface area contributed by atoms with Crippen LogP contribution in [0.2, 0.25) is 0 Å². The van der Waals surface area contributed by atoms with E-state index in [1.807, 2.05) is 0 Å². The van der Waals surface area contributed by atoms with Crippen LogP contribution >= 0.6 is 0 Å². The zero-order valence-corrected chi connectivity index (χ0v) is 48.5. The van der Waals surface area contributed by atoms with Gasteiger partial charge < -0.3 is 108 Å². The molecule has 25 nitrogen and oxygen atoms in total. The van der Waals surface area contributed by atoms with E-state index in [1.165, 1.54) is 20.8 Å². The minimum Gasteiger partial charge on any atom is -0.457 e. The van der Waals surface area contributed by atoms with E-state index in [1.54, 1.807) is 34.6 Å². The third-order valence-corrected chi connectivity index (χ3v) is 16.7. The number of aliphatic hydroxyl groups excluding tert-OH is 9. The quantitative estimate of drug-likeness (QED) is 0.0565. The Hall–Kier alpha value is -2.35. The molecule has 470 valence electrons. The molecule has 0 bridgehead atoms. The Morgan fingerprint density at radius 2 is 1.04 bits per heavy atom. The van der Waals surface area contributed by atoms with Crippen LogP contribution in [0.25, 0.3) is 0 Å². The topological polar surface area (TPSA) is 353 Å². The number of hydrogen-bond donors (Lipinski definition) is 9. The van der Waals surface area contributed by atoms with Crippen LogP contribution in [0.1, 0.15) is 159 Å². The van der Waals surface area contributed by atoms with Crippen molar-refractivity contribution in [3.63, 3.8) is 0 Å². The molecule has 6 rings (SSSR count). The smallest absolute Gasteiger partial charge is 0.309 e. The molecule has 28 atom stereocenters. The van der Waals surface area contributed by atoms with E-state index in [9.17, 15) is 60.3 Å². The summed E-state index contributed by atoms with van der Waals surface area (Å²) in [5, 5.41) is 101. The van der Waals surface area contributed by atoms with Crippen LogP contribution in [0.15, 0.2) is 0 Å². The van der Waals surface area contributed by atoms with E-state index >= 15 is 0 Å². The van der Waals surface area contributed by atoms with Gasteiger partial charge in [-0.2, -0.15) is 0 Å². The van der Waals surface area contributed by atoms with Gasteiger partial charge in [0.15, 0.2) is 49.8 Å². The minimum atomic E-state index is -2.02. The minimum absolute atomic E-state index is 0.0398. The number of fused-ring (bicyclic) bond motifs is 2. The Labute approximate surface area is 475 Å². The van der Waals surface area contributed by atoms with Crippen molar-refractivity contribution >= 4 is 17.9 Å². The molecule has 0 amide bonds.